The van der Waals surface area contributed by atoms with Gasteiger partial charge in [0.15, 0.2) is 5.96 Å². The number of nitrogens with one attached hydrogen (secondary N) is 2. The number of aromatic nitrogens is 1. The van der Waals surface area contributed by atoms with Gasteiger partial charge in [-0.15, -0.1) is 24.0 Å². The molecular weight excluding hydrogens is 501 g/mol. The molecule has 172 valence electrons. The van der Waals surface area contributed by atoms with Crippen LogP contribution in [-0.4, -0.2) is 35.7 Å². The number of hydrogen-bond acceptors (Lipinski definition) is 4. The van der Waals surface area contributed by atoms with Crippen molar-refractivity contribution in [3.63, 3.8) is 0 Å². The molecule has 2 heterocycles. The van der Waals surface area contributed by atoms with Gasteiger partial charge in [0.2, 0.25) is 0 Å². The van der Waals surface area contributed by atoms with Crippen molar-refractivity contribution in [2.75, 3.05) is 19.6 Å². The maximum absolute atomic E-state index is 5.47. The Morgan fingerprint density at radius 3 is 2.35 bits per heavy atom. The number of nitrogens with zero attached hydrogens (tertiary/aromatic N) is 3. The van der Waals surface area contributed by atoms with Gasteiger partial charge in [-0.05, 0) is 50.4 Å². The fourth-order valence-electron chi connectivity index (χ4n) is 3.95. The third-order valence-electron chi connectivity index (χ3n) is 5.68. The van der Waals surface area contributed by atoms with Gasteiger partial charge in [0.05, 0.1) is 12.2 Å². The van der Waals surface area contributed by atoms with Crippen LogP contribution in [0.5, 0.6) is 0 Å². The van der Waals surface area contributed by atoms with Crippen molar-refractivity contribution in [3.8, 4) is 0 Å². The van der Waals surface area contributed by atoms with E-state index < -0.39 is 0 Å². The van der Waals surface area contributed by atoms with E-state index in [0.717, 1.165) is 48.9 Å². The Morgan fingerprint density at radius 1 is 1.00 bits per heavy atom. The fourth-order valence-corrected chi connectivity index (χ4v) is 3.95. The van der Waals surface area contributed by atoms with Crippen molar-refractivity contribution in [3.05, 3.63) is 52.4 Å². The molecule has 0 bridgehead atoms. The second kappa shape index (κ2) is 13.7. The average Bonchev–Trinajstić information content (AvgIpc) is 3.19. The Labute approximate surface area is 204 Å². The van der Waals surface area contributed by atoms with E-state index >= 15 is 0 Å². The van der Waals surface area contributed by atoms with Crippen LogP contribution in [0.3, 0.4) is 0 Å². The van der Waals surface area contributed by atoms with Crippen LogP contribution >= 0.6 is 24.0 Å². The summed E-state index contributed by atoms with van der Waals surface area (Å²) in [5.74, 6) is 1.78. The number of benzene rings is 1. The summed E-state index contributed by atoms with van der Waals surface area (Å²) in [4.78, 5) is 7.33. The van der Waals surface area contributed by atoms with Crippen LogP contribution < -0.4 is 10.6 Å². The minimum Gasteiger partial charge on any atom is -0.361 e. The Kier molecular flexibility index (Phi) is 11.4. The molecule has 0 spiro atoms. The molecule has 0 aliphatic carbocycles. The summed E-state index contributed by atoms with van der Waals surface area (Å²) in [6, 6.07) is 8.91. The van der Waals surface area contributed by atoms with E-state index in [1.165, 1.54) is 43.5 Å². The van der Waals surface area contributed by atoms with Gasteiger partial charge in [0.1, 0.15) is 5.76 Å². The molecule has 1 saturated heterocycles. The minimum atomic E-state index is 0. The van der Waals surface area contributed by atoms with E-state index in [-0.39, 0.29) is 24.0 Å². The first-order chi connectivity index (χ1) is 14.7. The van der Waals surface area contributed by atoms with Crippen molar-refractivity contribution in [1.29, 1.82) is 0 Å². The Morgan fingerprint density at radius 2 is 1.71 bits per heavy atom. The highest BCUT2D eigenvalue weighted by Gasteiger charge is 2.14. The lowest BCUT2D eigenvalue weighted by Gasteiger charge is -2.26. The third kappa shape index (κ3) is 7.79. The molecule has 6 nitrogen and oxygen atoms in total. The number of likely N-dealkylation sites (tertiary alicyclic amines) is 1. The highest BCUT2D eigenvalue weighted by atomic mass is 127. The summed E-state index contributed by atoms with van der Waals surface area (Å²) in [5.41, 5.74) is 4.80. The molecule has 0 atom stereocenters. The highest BCUT2D eigenvalue weighted by molar-refractivity contribution is 14.0. The van der Waals surface area contributed by atoms with Gasteiger partial charge in [0.25, 0.3) is 0 Å². The van der Waals surface area contributed by atoms with Crippen molar-refractivity contribution < 1.29 is 4.52 Å². The monoisotopic (exact) mass is 539 g/mol. The van der Waals surface area contributed by atoms with Crippen LogP contribution in [0.4, 0.5) is 0 Å². The first kappa shape index (κ1) is 25.6. The Hall–Kier alpha value is -1.61. The Balaban J connectivity index is 0.00000341. The zero-order chi connectivity index (χ0) is 21.2. The van der Waals surface area contributed by atoms with Gasteiger partial charge >= 0.3 is 0 Å². The van der Waals surface area contributed by atoms with Crippen LogP contribution in [0, 0.1) is 0 Å². The van der Waals surface area contributed by atoms with Crippen LogP contribution in [-0.2, 0) is 32.5 Å². The molecule has 0 radical (unpaired) electrons. The molecule has 1 aliphatic rings. The van der Waals surface area contributed by atoms with Gasteiger partial charge in [-0.2, -0.15) is 0 Å². The molecule has 1 aromatic heterocycles. The molecule has 7 heteroatoms. The number of guanidine groups is 1. The molecule has 1 aliphatic heterocycles. The SMILES string of the molecule is CCNC(=NCc1ccc(CN2CCCCC2)cc1)NCc1c(CC)noc1CC.I. The maximum Gasteiger partial charge on any atom is 0.191 e. The summed E-state index contributed by atoms with van der Waals surface area (Å²) >= 11 is 0. The highest BCUT2D eigenvalue weighted by Crippen LogP contribution is 2.16. The number of rotatable bonds is 9. The lowest BCUT2D eigenvalue weighted by atomic mass is 10.1. The first-order valence-electron chi connectivity index (χ1n) is 11.5. The van der Waals surface area contributed by atoms with Gasteiger partial charge < -0.3 is 15.2 Å². The number of hydrogen-bond donors (Lipinski definition) is 2. The first-order valence-corrected chi connectivity index (χ1v) is 11.5. The molecule has 0 saturated carbocycles. The fraction of sp³-hybridized carbons (Fsp3) is 0.583. The zero-order valence-electron chi connectivity index (χ0n) is 19.2. The summed E-state index contributed by atoms with van der Waals surface area (Å²) in [6.07, 6.45) is 5.77. The topological polar surface area (TPSA) is 65.7 Å². The molecule has 31 heavy (non-hydrogen) atoms. The number of aliphatic imine (C=N–C) groups is 1. The van der Waals surface area contributed by atoms with Crippen LogP contribution in [0.2, 0.25) is 0 Å². The molecule has 1 fully saturated rings. The van der Waals surface area contributed by atoms with E-state index in [1.807, 2.05) is 0 Å². The van der Waals surface area contributed by atoms with Crippen molar-refractivity contribution >= 4 is 29.9 Å². The molecule has 1 aromatic carbocycles. The number of aryl methyl sites for hydroxylation is 2. The summed E-state index contributed by atoms with van der Waals surface area (Å²) in [7, 11) is 0. The molecule has 0 amide bonds. The normalized spacial score (nSPS) is 14.9. The second-order valence-electron chi connectivity index (χ2n) is 7.94. The Bertz CT molecular complexity index is 775. The third-order valence-corrected chi connectivity index (χ3v) is 5.68. The maximum atomic E-state index is 5.47. The second-order valence-corrected chi connectivity index (χ2v) is 7.94. The van der Waals surface area contributed by atoms with Gasteiger partial charge in [-0.3, -0.25) is 4.90 Å². The van der Waals surface area contributed by atoms with Crippen LogP contribution in [0.25, 0.3) is 0 Å². The summed E-state index contributed by atoms with van der Waals surface area (Å²) in [5, 5.41) is 11.0. The van der Waals surface area contributed by atoms with Gasteiger partial charge in [-0.25, -0.2) is 4.99 Å². The molecule has 3 rings (SSSR count). The molecule has 2 aromatic rings. The number of piperidine rings is 1. The smallest absolute Gasteiger partial charge is 0.191 e. The van der Waals surface area contributed by atoms with E-state index in [1.54, 1.807) is 0 Å². The minimum absolute atomic E-state index is 0. The van der Waals surface area contributed by atoms with Gasteiger partial charge in [0, 0.05) is 31.6 Å². The van der Waals surface area contributed by atoms with Crippen LogP contribution in [0.15, 0.2) is 33.8 Å². The predicted octanol–water partition coefficient (Wildman–Crippen LogP) is 4.66. The zero-order valence-corrected chi connectivity index (χ0v) is 21.6. The van der Waals surface area contributed by atoms with E-state index in [4.69, 9.17) is 9.52 Å². The largest absolute Gasteiger partial charge is 0.361 e. The number of halogens is 1. The average molecular weight is 540 g/mol. The lowest BCUT2D eigenvalue weighted by molar-refractivity contribution is 0.221. The van der Waals surface area contributed by atoms with Gasteiger partial charge in [-0.1, -0.05) is 49.7 Å². The lowest BCUT2D eigenvalue weighted by Crippen LogP contribution is -2.37. The quantitative estimate of drug-likeness (QED) is 0.276. The van der Waals surface area contributed by atoms with E-state index in [2.05, 4.69) is 65.7 Å². The molecular formula is C24H38IN5O. The van der Waals surface area contributed by atoms with E-state index in [9.17, 15) is 0 Å². The van der Waals surface area contributed by atoms with Crippen LogP contribution in [0.1, 0.15) is 68.2 Å². The molecule has 2 N–H and O–H groups in total. The van der Waals surface area contributed by atoms with Crippen molar-refractivity contribution in [2.24, 2.45) is 4.99 Å². The summed E-state index contributed by atoms with van der Waals surface area (Å²) in [6.45, 7) is 12.0. The predicted molar refractivity (Wildman–Crippen MR) is 138 cm³/mol. The van der Waals surface area contributed by atoms with Crippen molar-refractivity contribution in [1.82, 2.24) is 20.7 Å². The summed E-state index contributed by atoms with van der Waals surface area (Å²) < 4.78 is 5.47. The standard InChI is InChI=1S/C24H37N5O.HI/c1-4-22-21(23(5-2)30-28-22)17-27-24(25-6-3)26-16-19-10-12-20(13-11-19)18-29-14-8-7-9-15-29;/h10-13H,4-9,14-18H2,1-3H3,(H2,25,26,27);1H. The van der Waals surface area contributed by atoms with Crippen molar-refractivity contribution in [2.45, 2.75) is 72.5 Å². The van der Waals surface area contributed by atoms with E-state index in [0.29, 0.717) is 13.1 Å². The molecule has 0 unspecified atom stereocenters.